The molecule has 2 aliphatic carbocycles. The number of carbonyl (C=O) groups excluding carboxylic acids is 1. The van der Waals surface area contributed by atoms with Crippen molar-refractivity contribution in [3.8, 4) is 0 Å². The van der Waals surface area contributed by atoms with Crippen molar-refractivity contribution in [3.63, 3.8) is 0 Å². The minimum Gasteiger partial charge on any atom is -0.478 e. The second kappa shape index (κ2) is 6.03. The lowest BCUT2D eigenvalue weighted by Gasteiger charge is -2.24. The Hall–Kier alpha value is -1.32. The highest BCUT2D eigenvalue weighted by Crippen LogP contribution is 2.28. The summed E-state index contributed by atoms with van der Waals surface area (Å²) in [6.45, 7) is 0. The molecule has 0 aliphatic heterocycles. The fourth-order valence-corrected chi connectivity index (χ4v) is 2.77. The number of carboxylic acids is 1. The highest BCUT2D eigenvalue weighted by Gasteiger charge is 2.27. The van der Waals surface area contributed by atoms with Gasteiger partial charge in [-0.3, -0.25) is 0 Å². The van der Waals surface area contributed by atoms with Gasteiger partial charge < -0.3 is 9.84 Å². The third-order valence-electron chi connectivity index (χ3n) is 3.80. The third-order valence-corrected chi connectivity index (χ3v) is 3.80. The topological polar surface area (TPSA) is 63.6 Å². The van der Waals surface area contributed by atoms with E-state index in [0.717, 1.165) is 38.5 Å². The summed E-state index contributed by atoms with van der Waals surface area (Å²) in [6, 6.07) is 0. The molecule has 0 unspecified atom stereocenters. The molecule has 0 amide bonds. The third kappa shape index (κ3) is 3.12. The number of esters is 1. The van der Waals surface area contributed by atoms with E-state index in [1.54, 1.807) is 0 Å². The smallest absolute Gasteiger partial charge is 0.334 e. The number of carboxylic acid groups (broad SMARTS) is 1. The van der Waals surface area contributed by atoms with E-state index < -0.39 is 5.97 Å². The second-order valence-corrected chi connectivity index (χ2v) is 5.13. The van der Waals surface area contributed by atoms with Gasteiger partial charge >= 0.3 is 11.9 Å². The van der Waals surface area contributed by atoms with Crippen molar-refractivity contribution in [2.75, 3.05) is 0 Å². The summed E-state index contributed by atoms with van der Waals surface area (Å²) in [5, 5.41) is 9.10. The van der Waals surface area contributed by atoms with Crippen LogP contribution in [0.4, 0.5) is 0 Å². The van der Waals surface area contributed by atoms with Gasteiger partial charge in [0.25, 0.3) is 0 Å². The number of rotatable bonds is 3. The van der Waals surface area contributed by atoms with E-state index in [2.05, 4.69) is 0 Å². The Morgan fingerprint density at radius 2 is 1.56 bits per heavy atom. The number of hydrogen-bond acceptors (Lipinski definition) is 3. The van der Waals surface area contributed by atoms with Crippen molar-refractivity contribution in [1.82, 2.24) is 0 Å². The molecule has 0 spiro atoms. The zero-order valence-corrected chi connectivity index (χ0v) is 10.6. The number of aliphatic carboxylic acids is 1. The van der Waals surface area contributed by atoms with Gasteiger partial charge in [-0.1, -0.05) is 6.42 Å². The highest BCUT2D eigenvalue weighted by atomic mass is 16.5. The summed E-state index contributed by atoms with van der Waals surface area (Å²) >= 11 is 0. The Labute approximate surface area is 107 Å². The van der Waals surface area contributed by atoms with Gasteiger partial charge in [-0.15, -0.1) is 0 Å². The van der Waals surface area contributed by atoms with E-state index in [1.165, 1.54) is 6.42 Å². The predicted octanol–water partition coefficient (Wildman–Crippen LogP) is 2.82. The molecule has 0 atom stereocenters. The van der Waals surface area contributed by atoms with Crippen molar-refractivity contribution in [2.45, 2.75) is 63.9 Å². The van der Waals surface area contributed by atoms with Gasteiger partial charge in [-0.2, -0.15) is 0 Å². The maximum absolute atomic E-state index is 12.0. The van der Waals surface area contributed by atoms with Gasteiger partial charge in [-0.05, 0) is 51.4 Å². The average molecular weight is 252 g/mol. The Bertz CT molecular complexity index is 364. The second-order valence-electron chi connectivity index (χ2n) is 5.13. The zero-order chi connectivity index (χ0) is 13.0. The largest absolute Gasteiger partial charge is 0.478 e. The minimum atomic E-state index is -0.967. The van der Waals surface area contributed by atoms with Crippen LogP contribution in [0, 0.1) is 0 Å². The maximum atomic E-state index is 12.0. The van der Waals surface area contributed by atoms with Crippen LogP contribution in [-0.4, -0.2) is 23.1 Å². The van der Waals surface area contributed by atoms with Gasteiger partial charge in [-0.25, -0.2) is 9.59 Å². The van der Waals surface area contributed by atoms with Crippen molar-refractivity contribution in [3.05, 3.63) is 11.1 Å². The first-order chi connectivity index (χ1) is 8.68. The Balaban J connectivity index is 2.03. The SMILES string of the molecule is O=C(O)C1=C(C(=O)OC2CCCCC2)CCCC1. The standard InChI is InChI=1S/C14H20O4/c15-13(16)11-8-4-5-9-12(11)14(17)18-10-6-2-1-3-7-10/h10H,1-9H2,(H,15,16). The Morgan fingerprint density at radius 1 is 0.944 bits per heavy atom. The molecule has 2 aliphatic rings. The summed E-state index contributed by atoms with van der Waals surface area (Å²) in [7, 11) is 0. The number of ether oxygens (including phenoxy) is 1. The van der Waals surface area contributed by atoms with Crippen LogP contribution in [0.25, 0.3) is 0 Å². The highest BCUT2D eigenvalue weighted by molar-refractivity contribution is 5.99. The predicted molar refractivity (Wildman–Crippen MR) is 66.1 cm³/mol. The molecule has 1 N–H and O–H groups in total. The molecule has 2 rings (SSSR count). The molecular formula is C14H20O4. The fraction of sp³-hybridized carbons (Fsp3) is 0.714. The van der Waals surface area contributed by atoms with Gasteiger partial charge in [0.2, 0.25) is 0 Å². The monoisotopic (exact) mass is 252 g/mol. The summed E-state index contributed by atoms with van der Waals surface area (Å²) in [5.41, 5.74) is 0.668. The van der Waals surface area contributed by atoms with E-state index in [4.69, 9.17) is 9.84 Å². The molecule has 0 heterocycles. The lowest BCUT2D eigenvalue weighted by molar-refractivity contribution is -0.146. The molecule has 0 aromatic rings. The van der Waals surface area contributed by atoms with Crippen LogP contribution in [0.1, 0.15) is 57.8 Å². The van der Waals surface area contributed by atoms with Crippen molar-refractivity contribution in [2.24, 2.45) is 0 Å². The molecule has 4 nitrogen and oxygen atoms in total. The molecule has 0 bridgehead atoms. The van der Waals surface area contributed by atoms with Crippen LogP contribution in [-0.2, 0) is 14.3 Å². The normalized spacial score (nSPS) is 21.8. The van der Waals surface area contributed by atoms with E-state index in [-0.39, 0.29) is 17.6 Å². The summed E-state index contributed by atoms with van der Waals surface area (Å²) in [4.78, 5) is 23.1. The molecule has 18 heavy (non-hydrogen) atoms. The molecule has 0 saturated heterocycles. The summed E-state index contributed by atoms with van der Waals surface area (Å²) < 4.78 is 5.45. The molecule has 1 saturated carbocycles. The number of carbonyl (C=O) groups is 2. The van der Waals surface area contributed by atoms with Crippen molar-refractivity contribution < 1.29 is 19.4 Å². The first-order valence-electron chi connectivity index (χ1n) is 6.85. The van der Waals surface area contributed by atoms with E-state index in [9.17, 15) is 9.59 Å². The van der Waals surface area contributed by atoms with Gasteiger partial charge in [0, 0.05) is 11.1 Å². The van der Waals surface area contributed by atoms with Gasteiger partial charge in [0.15, 0.2) is 0 Å². The summed E-state index contributed by atoms with van der Waals surface area (Å²) in [5.74, 6) is -1.36. The average Bonchev–Trinajstić information content (AvgIpc) is 2.40. The fourth-order valence-electron chi connectivity index (χ4n) is 2.77. The van der Waals surface area contributed by atoms with Crippen LogP contribution in [0.2, 0.25) is 0 Å². The summed E-state index contributed by atoms with van der Waals surface area (Å²) in [6.07, 6.45) is 8.01. The van der Waals surface area contributed by atoms with Crippen LogP contribution < -0.4 is 0 Å². The molecule has 1 fully saturated rings. The van der Waals surface area contributed by atoms with Gasteiger partial charge in [0.05, 0.1) is 0 Å². The lowest BCUT2D eigenvalue weighted by Crippen LogP contribution is -2.24. The van der Waals surface area contributed by atoms with E-state index in [1.807, 2.05) is 0 Å². The molecule has 100 valence electrons. The molecule has 0 aromatic carbocycles. The Kier molecular flexibility index (Phi) is 4.39. The zero-order valence-electron chi connectivity index (χ0n) is 10.6. The van der Waals surface area contributed by atoms with Gasteiger partial charge in [0.1, 0.15) is 6.10 Å². The van der Waals surface area contributed by atoms with Crippen LogP contribution >= 0.6 is 0 Å². The van der Waals surface area contributed by atoms with Crippen LogP contribution in [0.15, 0.2) is 11.1 Å². The first-order valence-corrected chi connectivity index (χ1v) is 6.85. The van der Waals surface area contributed by atoms with Crippen molar-refractivity contribution >= 4 is 11.9 Å². The first kappa shape index (κ1) is 13.1. The molecule has 0 radical (unpaired) electrons. The maximum Gasteiger partial charge on any atom is 0.334 e. The van der Waals surface area contributed by atoms with Crippen molar-refractivity contribution in [1.29, 1.82) is 0 Å². The van der Waals surface area contributed by atoms with E-state index in [0.29, 0.717) is 18.4 Å². The Morgan fingerprint density at radius 3 is 2.17 bits per heavy atom. The van der Waals surface area contributed by atoms with E-state index >= 15 is 0 Å². The number of hydrogen-bond donors (Lipinski definition) is 1. The van der Waals surface area contributed by atoms with Crippen LogP contribution in [0.5, 0.6) is 0 Å². The molecule has 0 aromatic heterocycles. The molecular weight excluding hydrogens is 232 g/mol. The molecule has 4 heteroatoms. The lowest BCUT2D eigenvalue weighted by atomic mass is 9.91. The van der Waals surface area contributed by atoms with Crippen LogP contribution in [0.3, 0.4) is 0 Å². The quantitative estimate of drug-likeness (QED) is 0.784. The minimum absolute atomic E-state index is 0.00396.